The highest BCUT2D eigenvalue weighted by molar-refractivity contribution is 5.82. The van der Waals surface area contributed by atoms with Crippen LogP contribution in [0.5, 0.6) is 0 Å². The summed E-state index contributed by atoms with van der Waals surface area (Å²) in [6.07, 6.45) is -11.5. The van der Waals surface area contributed by atoms with Crippen molar-refractivity contribution in [3.63, 3.8) is 0 Å². The normalized spacial score (nSPS) is 13.5. The Labute approximate surface area is 281 Å². The van der Waals surface area contributed by atoms with Crippen LogP contribution < -0.4 is 10.9 Å². The minimum absolute atomic E-state index is 0.0327. The number of carboxylic acids is 1. The van der Waals surface area contributed by atoms with Gasteiger partial charge in [-0.05, 0) is 75.5 Å². The molecule has 16 heteroatoms. The van der Waals surface area contributed by atoms with Gasteiger partial charge in [0, 0.05) is 35.5 Å². The number of aryl methyl sites for hydroxylation is 2. The van der Waals surface area contributed by atoms with Gasteiger partial charge in [-0.25, -0.2) is 13.2 Å². The minimum Gasteiger partial charge on any atom is -0.481 e. The van der Waals surface area contributed by atoms with Gasteiger partial charge in [-0.15, -0.1) is 0 Å². The summed E-state index contributed by atoms with van der Waals surface area (Å²) >= 11 is 0. The number of nitrogens with zero attached hydrogens (tertiary/aromatic N) is 2. The summed E-state index contributed by atoms with van der Waals surface area (Å²) in [5.74, 6) is -8.80. The molecule has 0 spiro atoms. The molecule has 1 heterocycles. The number of carbonyl (C=O) groups excluding carboxylic acids is 1. The second-order valence-electron chi connectivity index (χ2n) is 12.8. The monoisotopic (exact) mass is 721 g/mol. The number of likely N-dealkylation sites (N-methyl/N-ethyl adjacent to an activating group) is 1. The van der Waals surface area contributed by atoms with Crippen LogP contribution in [0.4, 0.5) is 39.5 Å². The van der Waals surface area contributed by atoms with E-state index in [-0.39, 0.29) is 42.6 Å². The molecule has 0 saturated carbocycles. The van der Waals surface area contributed by atoms with Crippen LogP contribution in [-0.2, 0) is 28.4 Å². The molecule has 3 rings (SSSR count). The number of hydrogen-bond donors (Lipinski definition) is 2. The van der Waals surface area contributed by atoms with Crippen LogP contribution in [0, 0.1) is 37.2 Å². The standard InChI is InChI=1S/C34H36F9N3O4/c1-16(2)9-25(46-15-19(7-8-45(5)6)21(13-26(46)47)33(38,39)40)32(50)44-24(14-27(48)49)29-30(36)20(12-22(31(29)37)34(41,42)43)28-18(4)10-17(3)11-23(28)35/h10-13,15-16,24-25H,7-9,14H2,1-6H3,(H,44,50)(H,48,49)/t24-,25?/m0/s1. The fourth-order valence-corrected chi connectivity index (χ4v) is 5.71. The van der Waals surface area contributed by atoms with Crippen LogP contribution in [0.2, 0.25) is 0 Å². The Balaban J connectivity index is 2.29. The summed E-state index contributed by atoms with van der Waals surface area (Å²) in [4.78, 5) is 40.4. The molecule has 0 saturated heterocycles. The molecule has 50 heavy (non-hydrogen) atoms. The molecular weight excluding hydrogens is 685 g/mol. The highest BCUT2D eigenvalue weighted by atomic mass is 19.4. The van der Waals surface area contributed by atoms with Gasteiger partial charge in [0.2, 0.25) is 5.91 Å². The number of carboxylic acid groups (broad SMARTS) is 1. The number of amides is 1. The maximum Gasteiger partial charge on any atom is 0.419 e. The number of halogens is 9. The van der Waals surface area contributed by atoms with Crippen LogP contribution >= 0.6 is 0 Å². The highest BCUT2D eigenvalue weighted by Gasteiger charge is 2.41. The molecule has 1 unspecified atom stereocenters. The zero-order valence-corrected chi connectivity index (χ0v) is 27.9. The molecule has 0 fully saturated rings. The molecule has 2 aromatic carbocycles. The number of benzene rings is 2. The Morgan fingerprint density at radius 1 is 0.920 bits per heavy atom. The third-order valence-electron chi connectivity index (χ3n) is 7.91. The summed E-state index contributed by atoms with van der Waals surface area (Å²) in [6.45, 7) is 5.98. The van der Waals surface area contributed by atoms with Crippen molar-refractivity contribution in [3.8, 4) is 11.1 Å². The summed E-state index contributed by atoms with van der Waals surface area (Å²) < 4.78 is 132. The Hall–Kier alpha value is -4.34. The first-order valence-electron chi connectivity index (χ1n) is 15.3. The van der Waals surface area contributed by atoms with Crippen LogP contribution in [0.3, 0.4) is 0 Å². The fraction of sp³-hybridized carbons (Fsp3) is 0.441. The largest absolute Gasteiger partial charge is 0.481 e. The van der Waals surface area contributed by atoms with E-state index in [0.717, 1.165) is 12.3 Å². The van der Waals surface area contributed by atoms with E-state index in [1.54, 1.807) is 32.8 Å². The number of hydrogen-bond acceptors (Lipinski definition) is 4. The number of nitrogens with one attached hydrogen (secondary N) is 1. The highest BCUT2D eigenvalue weighted by Crippen LogP contribution is 2.42. The van der Waals surface area contributed by atoms with Gasteiger partial charge >= 0.3 is 18.3 Å². The second kappa shape index (κ2) is 15.3. The molecule has 0 radical (unpaired) electrons. The molecule has 1 amide bonds. The molecule has 274 valence electrons. The Morgan fingerprint density at radius 2 is 1.52 bits per heavy atom. The molecule has 2 N–H and O–H groups in total. The SMILES string of the molecule is Cc1cc(C)c(-c2cc(C(F)(F)F)c(F)c([C@H](CC(=O)O)NC(=O)C(CC(C)C)n3cc(CCN(C)C)c(C(F)(F)F)cc3=O)c2F)c(F)c1. The van der Waals surface area contributed by atoms with E-state index < -0.39 is 99.5 Å². The van der Waals surface area contributed by atoms with Crippen molar-refractivity contribution in [2.45, 2.75) is 71.4 Å². The first-order chi connectivity index (χ1) is 22.9. The van der Waals surface area contributed by atoms with Crippen molar-refractivity contribution in [2.24, 2.45) is 5.92 Å². The summed E-state index contributed by atoms with van der Waals surface area (Å²) in [5.41, 5.74) is -7.96. The van der Waals surface area contributed by atoms with Crippen molar-refractivity contribution >= 4 is 11.9 Å². The van der Waals surface area contributed by atoms with Crippen molar-refractivity contribution in [1.29, 1.82) is 0 Å². The lowest BCUT2D eigenvalue weighted by Crippen LogP contribution is -2.41. The molecule has 0 aliphatic carbocycles. The summed E-state index contributed by atoms with van der Waals surface area (Å²) in [6, 6.07) is -1.49. The van der Waals surface area contributed by atoms with Gasteiger partial charge < -0.3 is 19.9 Å². The van der Waals surface area contributed by atoms with E-state index in [0.29, 0.717) is 10.1 Å². The van der Waals surface area contributed by atoms with Crippen LogP contribution in [0.1, 0.15) is 72.2 Å². The lowest BCUT2D eigenvalue weighted by molar-refractivity contribution is -0.140. The third kappa shape index (κ3) is 9.25. The van der Waals surface area contributed by atoms with Gasteiger partial charge in [-0.3, -0.25) is 14.4 Å². The molecule has 0 bridgehead atoms. The maximum atomic E-state index is 16.3. The van der Waals surface area contributed by atoms with Gasteiger partial charge in [0.1, 0.15) is 23.5 Å². The zero-order chi connectivity index (χ0) is 38.0. The van der Waals surface area contributed by atoms with Gasteiger partial charge in [0.15, 0.2) is 0 Å². The average molecular weight is 722 g/mol. The van der Waals surface area contributed by atoms with E-state index >= 15 is 13.2 Å². The first-order valence-corrected chi connectivity index (χ1v) is 15.3. The predicted octanol–water partition coefficient (Wildman–Crippen LogP) is 7.61. The fourth-order valence-electron chi connectivity index (χ4n) is 5.71. The van der Waals surface area contributed by atoms with Crippen LogP contribution in [-0.4, -0.2) is 47.1 Å². The van der Waals surface area contributed by atoms with Gasteiger partial charge in [-0.2, -0.15) is 26.3 Å². The number of pyridine rings is 1. The average Bonchev–Trinajstić information content (AvgIpc) is 2.94. The van der Waals surface area contributed by atoms with Crippen molar-refractivity contribution in [3.05, 3.63) is 91.6 Å². The van der Waals surface area contributed by atoms with Crippen molar-refractivity contribution < 1.29 is 54.2 Å². The van der Waals surface area contributed by atoms with Crippen molar-refractivity contribution in [2.75, 3.05) is 20.6 Å². The predicted molar refractivity (Wildman–Crippen MR) is 166 cm³/mol. The number of aliphatic carboxylic acids is 1. The van der Waals surface area contributed by atoms with Gasteiger partial charge in [-0.1, -0.05) is 19.9 Å². The van der Waals surface area contributed by atoms with E-state index in [9.17, 15) is 45.8 Å². The van der Waals surface area contributed by atoms with E-state index in [1.807, 2.05) is 5.32 Å². The number of alkyl halides is 6. The lowest BCUT2D eigenvalue weighted by atomic mass is 9.90. The van der Waals surface area contributed by atoms with Crippen LogP contribution in [0.25, 0.3) is 11.1 Å². The smallest absolute Gasteiger partial charge is 0.419 e. The molecule has 3 aromatic rings. The Kier molecular flexibility index (Phi) is 12.2. The maximum absolute atomic E-state index is 16.3. The second-order valence-corrected chi connectivity index (χ2v) is 12.8. The number of aromatic nitrogens is 1. The quantitative estimate of drug-likeness (QED) is 0.188. The van der Waals surface area contributed by atoms with Crippen LogP contribution in [0.15, 0.2) is 35.3 Å². The first kappa shape index (κ1) is 40.1. The summed E-state index contributed by atoms with van der Waals surface area (Å²) in [5, 5.41) is 11.7. The number of rotatable bonds is 12. The molecule has 0 aliphatic heterocycles. The van der Waals surface area contributed by atoms with E-state index in [1.165, 1.54) is 19.9 Å². The zero-order valence-electron chi connectivity index (χ0n) is 27.9. The number of carbonyl (C=O) groups is 2. The van der Waals surface area contributed by atoms with E-state index in [2.05, 4.69) is 0 Å². The molecule has 2 atom stereocenters. The topological polar surface area (TPSA) is 91.6 Å². The summed E-state index contributed by atoms with van der Waals surface area (Å²) in [7, 11) is 3.18. The van der Waals surface area contributed by atoms with Gasteiger partial charge in [0.05, 0.1) is 23.6 Å². The van der Waals surface area contributed by atoms with E-state index in [4.69, 9.17) is 0 Å². The molecule has 7 nitrogen and oxygen atoms in total. The molecule has 1 aromatic heterocycles. The molecular formula is C34H36F9N3O4. The molecule has 0 aliphatic rings. The third-order valence-corrected chi connectivity index (χ3v) is 7.91. The Morgan fingerprint density at radius 3 is 2.02 bits per heavy atom. The van der Waals surface area contributed by atoms with Gasteiger partial charge in [0.25, 0.3) is 5.56 Å². The van der Waals surface area contributed by atoms with Crippen molar-refractivity contribution in [1.82, 2.24) is 14.8 Å². The Bertz CT molecular complexity index is 1790. The lowest BCUT2D eigenvalue weighted by Gasteiger charge is -2.27. The minimum atomic E-state index is -5.50.